The maximum Gasteiger partial charge on any atom is 0.319 e. The van der Waals surface area contributed by atoms with Crippen LogP contribution in [0.25, 0.3) is 43.4 Å². The minimum atomic E-state index is -0.542. The van der Waals surface area contributed by atoms with Gasteiger partial charge in [0.2, 0.25) is 11.8 Å². The number of benzene rings is 3. The molecule has 3 aromatic carbocycles. The van der Waals surface area contributed by atoms with Gasteiger partial charge in [-0.25, -0.2) is 9.37 Å². The van der Waals surface area contributed by atoms with Crippen molar-refractivity contribution < 1.29 is 28.3 Å². The molecule has 3 unspecified atom stereocenters. The number of amides is 2. The second-order valence-electron chi connectivity index (χ2n) is 25.1. The molecule has 13 rings (SSSR count). The number of phenolic OH excluding ortho intramolecular Hbond substituents is 1. The average molecular weight is 1130 g/mol. The topological polar surface area (TPSA) is 178 Å². The van der Waals surface area contributed by atoms with Crippen LogP contribution in [0.5, 0.6) is 11.8 Å². The number of aromatic hydroxyl groups is 1. The largest absolute Gasteiger partial charge is 0.508 e. The van der Waals surface area contributed by atoms with Crippen molar-refractivity contribution in [1.82, 2.24) is 45.5 Å². The van der Waals surface area contributed by atoms with Gasteiger partial charge in [-0.1, -0.05) is 68.4 Å². The van der Waals surface area contributed by atoms with Gasteiger partial charge in [0.1, 0.15) is 34.7 Å². The minimum Gasteiger partial charge on any atom is -0.508 e. The number of piperazine rings is 1. The number of thiazole rings is 1. The zero-order chi connectivity index (χ0) is 56.4. The summed E-state index contributed by atoms with van der Waals surface area (Å²) in [5.41, 5.74) is 6.91. The number of carbonyl (C=O) groups excluding carboxylic acids is 2. The van der Waals surface area contributed by atoms with Crippen LogP contribution in [0.4, 0.5) is 16.0 Å². The van der Waals surface area contributed by atoms with Gasteiger partial charge in [0, 0.05) is 74.6 Å². The number of carbonyl (C=O) groups is 2. The molecule has 5 aliphatic heterocycles. The van der Waals surface area contributed by atoms with E-state index in [9.17, 15) is 14.7 Å². The highest BCUT2D eigenvalue weighted by Crippen LogP contribution is 2.48. The number of halogens is 1. The van der Waals surface area contributed by atoms with Crippen molar-refractivity contribution in [2.24, 2.45) is 23.2 Å². The number of rotatable bonds is 18. The fraction of sp³-hybridized carbons (Fsp3) is 0.516. The number of aromatic nitrogens is 5. The van der Waals surface area contributed by atoms with Gasteiger partial charge in [0.25, 0.3) is 0 Å². The highest BCUT2D eigenvalue weighted by molar-refractivity contribution is 7.13. The number of piperidine rings is 1. The van der Waals surface area contributed by atoms with E-state index in [1.807, 2.05) is 57.5 Å². The molecule has 6 aliphatic rings. The Morgan fingerprint density at radius 3 is 2.43 bits per heavy atom. The number of nitrogens with zero attached hydrogens (tertiary/aromatic N) is 9. The predicted octanol–water partition coefficient (Wildman–Crippen LogP) is 10.6. The van der Waals surface area contributed by atoms with Crippen LogP contribution >= 0.6 is 11.3 Å². The second-order valence-corrected chi connectivity index (χ2v) is 25.9. The van der Waals surface area contributed by atoms with E-state index in [1.54, 1.807) is 34.6 Å². The monoisotopic (exact) mass is 1130 g/mol. The summed E-state index contributed by atoms with van der Waals surface area (Å²) in [6, 6.07) is 19.6. The first kappa shape index (κ1) is 54.5. The Morgan fingerprint density at radius 1 is 0.927 bits per heavy atom. The second kappa shape index (κ2) is 22.4. The normalized spacial score (nSPS) is 21.8. The van der Waals surface area contributed by atoms with Crippen molar-refractivity contribution in [1.29, 1.82) is 0 Å². The number of fused-ring (bicyclic) bond motifs is 4. The fourth-order valence-corrected chi connectivity index (χ4v) is 14.9. The summed E-state index contributed by atoms with van der Waals surface area (Å²) in [4.78, 5) is 57.3. The molecule has 2 bridgehead atoms. The summed E-state index contributed by atoms with van der Waals surface area (Å²) in [7, 11) is 0. The van der Waals surface area contributed by atoms with E-state index in [1.165, 1.54) is 6.42 Å². The molecule has 6 fully saturated rings. The molecule has 82 heavy (non-hydrogen) atoms. The Balaban J connectivity index is 0.606. The van der Waals surface area contributed by atoms with Crippen LogP contribution < -0.4 is 25.2 Å². The molecule has 0 radical (unpaired) electrons. The lowest BCUT2D eigenvalue weighted by atomic mass is 9.83. The highest BCUT2D eigenvalue weighted by Gasteiger charge is 2.46. The van der Waals surface area contributed by atoms with Gasteiger partial charge >= 0.3 is 6.01 Å². The van der Waals surface area contributed by atoms with Gasteiger partial charge in [0.15, 0.2) is 17.4 Å². The van der Waals surface area contributed by atoms with E-state index < -0.39 is 17.8 Å². The van der Waals surface area contributed by atoms with Crippen molar-refractivity contribution >= 4 is 56.5 Å². The molecule has 2 amide bonds. The number of hydrogen-bond donors (Lipinski definition) is 3. The summed E-state index contributed by atoms with van der Waals surface area (Å²) in [6.07, 6.45) is 11.7. The molecule has 430 valence electrons. The maximum absolute atomic E-state index is 17.3. The lowest BCUT2D eigenvalue weighted by Crippen LogP contribution is -2.51. The summed E-state index contributed by atoms with van der Waals surface area (Å²) in [5.74, 6) is 1.93. The SMILES string of the molecule is CCc1cccc2cc(O)cc(-c3ncc4c(N5CC6CCC(C5)N6)nc(OCC5(CN6CCC(CC7CN(c8cc(C(C(=O)N9CCC[C@H]9C(=O)N[C@@H](C)c9ccc(-c%10scnc%10C)cc9)C(C)C)on8)C7)CC6)CC5)nc4c3F)c12. The van der Waals surface area contributed by atoms with Crippen molar-refractivity contribution in [2.75, 3.05) is 68.8 Å². The van der Waals surface area contributed by atoms with Crippen molar-refractivity contribution in [2.45, 2.75) is 129 Å². The number of hydrogen-bond acceptors (Lipinski definition) is 15. The van der Waals surface area contributed by atoms with Gasteiger partial charge in [-0.3, -0.25) is 14.6 Å². The lowest BCUT2D eigenvalue weighted by molar-refractivity contribution is -0.141. The van der Waals surface area contributed by atoms with E-state index >= 15 is 4.39 Å². The Kier molecular flexibility index (Phi) is 14.9. The minimum absolute atomic E-state index is 0.00251. The Hall–Kier alpha value is -6.76. The van der Waals surface area contributed by atoms with Crippen LogP contribution in [0.2, 0.25) is 0 Å². The first-order valence-corrected chi connectivity index (χ1v) is 30.9. The van der Waals surface area contributed by atoms with Gasteiger partial charge in [-0.2, -0.15) is 9.97 Å². The maximum atomic E-state index is 17.3. The molecular weight excluding hydrogens is 1050 g/mol. The van der Waals surface area contributed by atoms with Crippen LogP contribution in [-0.4, -0.2) is 129 Å². The molecule has 0 spiro atoms. The number of ether oxygens (including phenoxy) is 1. The first-order valence-electron chi connectivity index (χ1n) is 30.1. The van der Waals surface area contributed by atoms with Crippen LogP contribution in [0.15, 0.2) is 76.9 Å². The summed E-state index contributed by atoms with van der Waals surface area (Å²) in [6.45, 7) is 17.6. The first-order chi connectivity index (χ1) is 39.8. The van der Waals surface area contributed by atoms with Crippen molar-refractivity contribution in [3.8, 4) is 33.5 Å². The van der Waals surface area contributed by atoms with E-state index in [0.717, 1.165) is 141 Å². The van der Waals surface area contributed by atoms with E-state index in [2.05, 4.69) is 66.7 Å². The zero-order valence-electron chi connectivity index (χ0n) is 47.9. The average Bonchev–Trinajstić information content (AvgIpc) is 3.68. The lowest BCUT2D eigenvalue weighted by Gasteiger charge is -2.42. The Bertz CT molecular complexity index is 3490. The molecular formula is C64H76FN11O5S. The number of phenols is 1. The fourth-order valence-electron chi connectivity index (χ4n) is 14.1. The van der Waals surface area contributed by atoms with Gasteiger partial charge < -0.3 is 44.6 Å². The molecule has 5 atom stereocenters. The van der Waals surface area contributed by atoms with Crippen molar-refractivity contribution in [3.05, 3.63) is 101 Å². The molecule has 5 saturated heterocycles. The quantitative estimate of drug-likeness (QED) is 0.0739. The molecule has 9 heterocycles. The van der Waals surface area contributed by atoms with Crippen LogP contribution in [0.3, 0.4) is 0 Å². The molecule has 1 saturated carbocycles. The van der Waals surface area contributed by atoms with Crippen molar-refractivity contribution in [3.63, 3.8) is 0 Å². The van der Waals surface area contributed by atoms with Crippen LogP contribution in [0, 0.1) is 35.9 Å². The van der Waals surface area contributed by atoms with E-state index in [4.69, 9.17) is 24.2 Å². The Labute approximate surface area is 483 Å². The van der Waals surface area contributed by atoms with Gasteiger partial charge in [-0.15, -0.1) is 11.3 Å². The molecule has 18 heteroatoms. The summed E-state index contributed by atoms with van der Waals surface area (Å²) in [5, 5.41) is 24.5. The number of anilines is 2. The number of aryl methyl sites for hydroxylation is 2. The number of nitrogens with one attached hydrogen (secondary N) is 2. The predicted molar refractivity (Wildman–Crippen MR) is 318 cm³/mol. The molecule has 3 N–H and O–H groups in total. The molecule has 7 aromatic rings. The van der Waals surface area contributed by atoms with Gasteiger partial charge in [0.05, 0.1) is 34.1 Å². The highest BCUT2D eigenvalue weighted by atomic mass is 32.1. The van der Waals surface area contributed by atoms with Gasteiger partial charge in [-0.05, 0) is 148 Å². The molecule has 4 aromatic heterocycles. The third-order valence-corrected chi connectivity index (χ3v) is 19.9. The summed E-state index contributed by atoms with van der Waals surface area (Å²) >= 11 is 1.62. The molecule has 1 aliphatic carbocycles. The number of pyridine rings is 1. The van der Waals surface area contributed by atoms with E-state index in [-0.39, 0.29) is 52.2 Å². The van der Waals surface area contributed by atoms with Crippen LogP contribution in [-0.2, 0) is 16.0 Å². The molecule has 16 nitrogen and oxygen atoms in total. The van der Waals surface area contributed by atoms with E-state index in [0.29, 0.717) is 66.0 Å². The number of likely N-dealkylation sites (tertiary alicyclic amines) is 2. The zero-order valence-corrected chi connectivity index (χ0v) is 48.7. The van der Waals surface area contributed by atoms with Crippen LogP contribution in [0.1, 0.15) is 120 Å². The third-order valence-electron chi connectivity index (χ3n) is 18.9. The third kappa shape index (κ3) is 10.8. The standard InChI is InChI=1S/C64H76FN11O5S/c1-6-42-9-7-10-45-26-48(77)27-49(55(42)45)57-56(65)58-50(29-66-57)60(75-32-46-16-17-47(33-75)69-46)71-63(70-58)80-35-64(20-21-64)34-73-23-18-40(19-24-73)25-41-30-74(31-41)53-28-52(81-72-53)54(37(2)3)62(79)76-22-8-11-51(76)61(78)68-38(4)43-12-14-44(15-13-43)59-39(5)67-36-82-59/h7,9-10,12-15,26-29,36-38,40-41,46-47,51,54,69,77H,6,8,11,16-25,30-35H2,1-5H3,(H,68,78)/t38-,46?,47?,51-,54?/m0/s1. The smallest absolute Gasteiger partial charge is 0.319 e. The summed E-state index contributed by atoms with van der Waals surface area (Å²) < 4.78 is 29.8. The Morgan fingerprint density at radius 2 is 1.71 bits per heavy atom.